The summed E-state index contributed by atoms with van der Waals surface area (Å²) >= 11 is 0. The molecular formula is C5H5N2O. The zero-order valence-electron chi connectivity index (χ0n) is 4.46. The maximum atomic E-state index is 9.92. The van der Waals surface area contributed by atoms with E-state index in [1.807, 2.05) is 0 Å². The number of nitrogens with zero attached hydrogens (tertiary/aromatic N) is 2. The second-order valence-corrected chi connectivity index (χ2v) is 1.44. The van der Waals surface area contributed by atoms with Gasteiger partial charge in [0, 0.05) is 7.05 Å². The molecule has 0 bridgehead atoms. The molecule has 3 nitrogen and oxygen atoms in total. The Balaban J connectivity index is 3.00. The summed E-state index contributed by atoms with van der Waals surface area (Å²) in [5.74, 6) is 0. The van der Waals surface area contributed by atoms with E-state index in [0.717, 1.165) is 0 Å². The van der Waals surface area contributed by atoms with E-state index in [4.69, 9.17) is 0 Å². The average Bonchev–Trinajstić information content (AvgIpc) is 2.14. The summed E-state index contributed by atoms with van der Waals surface area (Å²) in [6.45, 7) is 0. The fourth-order valence-corrected chi connectivity index (χ4v) is 0.448. The third-order valence-electron chi connectivity index (χ3n) is 0.785. The molecule has 1 aromatic heterocycles. The van der Waals surface area contributed by atoms with E-state index in [0.29, 0.717) is 12.0 Å². The van der Waals surface area contributed by atoms with Crippen molar-refractivity contribution >= 4 is 6.29 Å². The molecule has 0 saturated carbocycles. The molecule has 0 N–H and O–H groups in total. The Kier molecular flexibility index (Phi) is 1.12. The van der Waals surface area contributed by atoms with Gasteiger partial charge < -0.3 is 0 Å². The Morgan fingerprint density at radius 3 is 3.00 bits per heavy atom. The highest BCUT2D eigenvalue weighted by atomic mass is 16.1. The summed E-state index contributed by atoms with van der Waals surface area (Å²) in [6.07, 6.45) is 3.38. The Labute approximate surface area is 46.9 Å². The largest absolute Gasteiger partial charge is 0.296 e. The lowest BCUT2D eigenvalue weighted by atomic mass is 10.5. The fraction of sp³-hybridized carbons (Fsp3) is 0.200. The van der Waals surface area contributed by atoms with E-state index in [2.05, 4.69) is 11.3 Å². The van der Waals surface area contributed by atoms with Crippen molar-refractivity contribution in [3.05, 3.63) is 18.0 Å². The lowest BCUT2D eigenvalue weighted by molar-refractivity contribution is 0.111. The Morgan fingerprint density at radius 2 is 2.75 bits per heavy atom. The van der Waals surface area contributed by atoms with Crippen LogP contribution < -0.4 is 0 Å². The van der Waals surface area contributed by atoms with E-state index in [9.17, 15) is 4.79 Å². The molecule has 0 aliphatic rings. The molecule has 0 aliphatic carbocycles. The van der Waals surface area contributed by atoms with Crippen LogP contribution in [0.15, 0.2) is 6.07 Å². The second-order valence-electron chi connectivity index (χ2n) is 1.44. The molecule has 0 amide bonds. The van der Waals surface area contributed by atoms with Crippen molar-refractivity contribution in [2.24, 2.45) is 7.05 Å². The predicted molar refractivity (Wildman–Crippen MR) is 27.4 cm³/mol. The number of aryl methyl sites for hydroxylation is 1. The quantitative estimate of drug-likeness (QED) is 0.477. The van der Waals surface area contributed by atoms with Crippen LogP contribution in [0, 0.1) is 6.20 Å². The number of carbonyl (C=O) groups is 1. The molecule has 0 atom stereocenters. The summed E-state index contributed by atoms with van der Waals surface area (Å²) in [6, 6.07) is 1.53. The van der Waals surface area contributed by atoms with Crippen molar-refractivity contribution in [1.82, 2.24) is 9.78 Å². The third kappa shape index (κ3) is 0.753. The second kappa shape index (κ2) is 1.78. The van der Waals surface area contributed by atoms with E-state index >= 15 is 0 Å². The molecule has 41 valence electrons. The van der Waals surface area contributed by atoms with Crippen LogP contribution in [0.4, 0.5) is 0 Å². The summed E-state index contributed by atoms with van der Waals surface area (Å²) in [7, 11) is 1.72. The maximum absolute atomic E-state index is 9.92. The number of carbonyl (C=O) groups excluding carboxylic acids is 1. The first kappa shape index (κ1) is 5.03. The van der Waals surface area contributed by atoms with Gasteiger partial charge in [0.2, 0.25) is 0 Å². The standard InChI is InChI=1S/C5H5N2O/c1-7-3-2-5(4-8)6-7/h2,4H,1H3. The SMILES string of the molecule is Cn1[c]cc(C=O)n1. The van der Waals surface area contributed by atoms with Crippen LogP contribution in [0.2, 0.25) is 0 Å². The molecule has 1 rings (SSSR count). The first-order valence-electron chi connectivity index (χ1n) is 2.20. The molecule has 8 heavy (non-hydrogen) atoms. The molecule has 0 saturated heterocycles. The molecule has 0 aromatic carbocycles. The fourth-order valence-electron chi connectivity index (χ4n) is 0.448. The predicted octanol–water partition coefficient (Wildman–Crippen LogP) is 0.0328. The van der Waals surface area contributed by atoms with Gasteiger partial charge in [-0.05, 0) is 6.07 Å². The smallest absolute Gasteiger partial charge is 0.170 e. The third-order valence-corrected chi connectivity index (χ3v) is 0.785. The number of hydrogen-bond donors (Lipinski definition) is 0. The van der Waals surface area contributed by atoms with Crippen molar-refractivity contribution in [1.29, 1.82) is 0 Å². The molecule has 0 aliphatic heterocycles. The number of rotatable bonds is 1. The molecule has 3 heteroatoms. The molecule has 1 aromatic rings. The summed E-state index contributed by atoms with van der Waals surface area (Å²) in [5, 5.41) is 3.72. The van der Waals surface area contributed by atoms with Crippen LogP contribution in [0.3, 0.4) is 0 Å². The van der Waals surface area contributed by atoms with E-state index in [1.54, 1.807) is 7.05 Å². The Bertz CT molecular complexity index is 192. The first-order valence-corrected chi connectivity index (χ1v) is 2.20. The molecule has 1 radical (unpaired) electrons. The number of aromatic nitrogens is 2. The van der Waals surface area contributed by atoms with Crippen LogP contribution in [-0.2, 0) is 7.05 Å². The molecular weight excluding hydrogens is 104 g/mol. The van der Waals surface area contributed by atoms with Crippen molar-refractivity contribution < 1.29 is 4.79 Å². The minimum absolute atomic E-state index is 0.424. The topological polar surface area (TPSA) is 34.9 Å². The average molecular weight is 109 g/mol. The molecule has 0 fully saturated rings. The van der Waals surface area contributed by atoms with Gasteiger partial charge in [-0.2, -0.15) is 5.10 Å². The van der Waals surface area contributed by atoms with E-state index in [-0.39, 0.29) is 0 Å². The monoisotopic (exact) mass is 109 g/mol. The van der Waals surface area contributed by atoms with Gasteiger partial charge in [0.15, 0.2) is 6.29 Å². The summed E-state index contributed by atoms with van der Waals surface area (Å²) in [4.78, 5) is 9.92. The minimum Gasteiger partial charge on any atom is -0.296 e. The van der Waals surface area contributed by atoms with Gasteiger partial charge in [-0.3, -0.25) is 9.48 Å². The van der Waals surface area contributed by atoms with E-state index < -0.39 is 0 Å². The van der Waals surface area contributed by atoms with Crippen molar-refractivity contribution in [3.8, 4) is 0 Å². The highest BCUT2D eigenvalue weighted by Crippen LogP contribution is 1.85. The van der Waals surface area contributed by atoms with Crippen LogP contribution in [-0.4, -0.2) is 16.1 Å². The summed E-state index contributed by atoms with van der Waals surface area (Å²) in [5.41, 5.74) is 0.424. The molecule has 0 unspecified atom stereocenters. The number of aldehydes is 1. The molecule has 1 heterocycles. The first-order chi connectivity index (χ1) is 3.83. The minimum atomic E-state index is 0.424. The van der Waals surface area contributed by atoms with Gasteiger partial charge in [-0.15, -0.1) is 0 Å². The zero-order chi connectivity index (χ0) is 5.98. The normalized spacial score (nSPS) is 9.12. The Hall–Kier alpha value is -1.12. The van der Waals surface area contributed by atoms with Crippen molar-refractivity contribution in [2.75, 3.05) is 0 Å². The van der Waals surface area contributed by atoms with Crippen LogP contribution in [0.5, 0.6) is 0 Å². The van der Waals surface area contributed by atoms with Gasteiger partial charge in [0.05, 0.1) is 6.20 Å². The zero-order valence-corrected chi connectivity index (χ0v) is 4.46. The van der Waals surface area contributed by atoms with Gasteiger partial charge in [0.1, 0.15) is 5.69 Å². The van der Waals surface area contributed by atoms with Crippen molar-refractivity contribution in [2.45, 2.75) is 0 Å². The van der Waals surface area contributed by atoms with Crippen LogP contribution in [0.1, 0.15) is 10.5 Å². The van der Waals surface area contributed by atoms with Gasteiger partial charge >= 0.3 is 0 Å². The van der Waals surface area contributed by atoms with Gasteiger partial charge in [-0.1, -0.05) is 0 Å². The van der Waals surface area contributed by atoms with Gasteiger partial charge in [0.25, 0.3) is 0 Å². The Morgan fingerprint density at radius 1 is 2.00 bits per heavy atom. The highest BCUT2D eigenvalue weighted by Gasteiger charge is 1.89. The number of hydrogen-bond acceptors (Lipinski definition) is 2. The maximum Gasteiger partial charge on any atom is 0.170 e. The van der Waals surface area contributed by atoms with Gasteiger partial charge in [-0.25, -0.2) is 0 Å². The lowest BCUT2D eigenvalue weighted by Crippen LogP contribution is -1.88. The van der Waals surface area contributed by atoms with Crippen LogP contribution >= 0.6 is 0 Å². The highest BCUT2D eigenvalue weighted by molar-refractivity contribution is 5.70. The lowest BCUT2D eigenvalue weighted by Gasteiger charge is -1.78. The van der Waals surface area contributed by atoms with E-state index in [1.165, 1.54) is 10.7 Å². The van der Waals surface area contributed by atoms with Crippen LogP contribution in [0.25, 0.3) is 0 Å². The summed E-state index contributed by atoms with van der Waals surface area (Å²) < 4.78 is 1.46. The molecule has 0 spiro atoms. The van der Waals surface area contributed by atoms with Crippen molar-refractivity contribution in [3.63, 3.8) is 0 Å².